The Morgan fingerprint density at radius 2 is 1.86 bits per heavy atom. The van der Waals surface area contributed by atoms with Crippen molar-refractivity contribution in [2.24, 2.45) is 0 Å². The van der Waals surface area contributed by atoms with Crippen molar-refractivity contribution in [3.05, 3.63) is 46.8 Å². The highest BCUT2D eigenvalue weighted by Gasteiger charge is 2.22. The molecule has 0 saturated carbocycles. The molecule has 0 unspecified atom stereocenters. The van der Waals surface area contributed by atoms with Gasteiger partial charge in [0.2, 0.25) is 0 Å². The van der Waals surface area contributed by atoms with Crippen molar-refractivity contribution >= 4 is 22.6 Å². The molecule has 0 saturated heterocycles. The van der Waals surface area contributed by atoms with E-state index in [2.05, 4.69) is 36.0 Å². The molecule has 0 spiro atoms. The van der Waals surface area contributed by atoms with Crippen molar-refractivity contribution in [1.82, 2.24) is 19.7 Å². The Bertz CT molecular complexity index is 852. The molecule has 5 nitrogen and oxygen atoms in total. The summed E-state index contributed by atoms with van der Waals surface area (Å²) in [5, 5.41) is 17.1. The van der Waals surface area contributed by atoms with E-state index in [0.717, 1.165) is 16.8 Å². The number of aromatic nitrogens is 4. The first kappa shape index (κ1) is 13.8. The second-order valence-corrected chi connectivity index (χ2v) is 6.42. The standard InChI is InChI=1S/C15H16ClN5/c1-15(2,3)12-11-13(17)21(8-18-14(11)20-19-12)10-6-4-9(16)5-7-10/h4-8,17H,1-3H3,(H,19,20). The fourth-order valence-electron chi connectivity index (χ4n) is 2.28. The maximum atomic E-state index is 8.50. The van der Waals surface area contributed by atoms with Crippen LogP contribution in [0.1, 0.15) is 26.5 Å². The van der Waals surface area contributed by atoms with Crippen LogP contribution < -0.4 is 5.49 Å². The monoisotopic (exact) mass is 301 g/mol. The van der Waals surface area contributed by atoms with Gasteiger partial charge in [-0.3, -0.25) is 15.1 Å². The highest BCUT2D eigenvalue weighted by molar-refractivity contribution is 6.30. The molecule has 0 aliphatic heterocycles. The first-order chi connectivity index (χ1) is 9.88. The van der Waals surface area contributed by atoms with Gasteiger partial charge in [-0.25, -0.2) is 4.98 Å². The summed E-state index contributed by atoms with van der Waals surface area (Å²) in [6.07, 6.45) is 1.61. The minimum Gasteiger partial charge on any atom is -0.285 e. The fraction of sp³-hybridized carbons (Fsp3) is 0.267. The molecule has 21 heavy (non-hydrogen) atoms. The number of hydrogen-bond donors (Lipinski definition) is 2. The fourth-order valence-corrected chi connectivity index (χ4v) is 2.41. The van der Waals surface area contributed by atoms with Crippen molar-refractivity contribution in [1.29, 1.82) is 5.41 Å². The number of aromatic amines is 1. The van der Waals surface area contributed by atoms with Crippen LogP contribution in [-0.4, -0.2) is 19.7 Å². The van der Waals surface area contributed by atoms with Gasteiger partial charge in [0.25, 0.3) is 0 Å². The predicted molar refractivity (Wildman–Crippen MR) is 82.8 cm³/mol. The third-order valence-electron chi connectivity index (χ3n) is 3.38. The normalized spacial score (nSPS) is 12.0. The average molecular weight is 302 g/mol. The Hall–Kier alpha value is -2.14. The van der Waals surface area contributed by atoms with Crippen LogP contribution in [0.2, 0.25) is 5.02 Å². The van der Waals surface area contributed by atoms with Gasteiger partial charge in [-0.15, -0.1) is 0 Å². The van der Waals surface area contributed by atoms with Gasteiger partial charge in [-0.05, 0) is 24.3 Å². The van der Waals surface area contributed by atoms with E-state index in [9.17, 15) is 0 Å². The Morgan fingerprint density at radius 3 is 2.48 bits per heavy atom. The zero-order chi connectivity index (χ0) is 15.2. The largest absolute Gasteiger partial charge is 0.285 e. The summed E-state index contributed by atoms with van der Waals surface area (Å²) in [6, 6.07) is 7.33. The van der Waals surface area contributed by atoms with E-state index in [-0.39, 0.29) is 5.41 Å². The van der Waals surface area contributed by atoms with Gasteiger partial charge in [0.1, 0.15) is 11.8 Å². The van der Waals surface area contributed by atoms with Crippen molar-refractivity contribution in [2.75, 3.05) is 0 Å². The molecular formula is C15H16ClN5. The molecule has 0 aliphatic carbocycles. The third-order valence-corrected chi connectivity index (χ3v) is 3.63. The van der Waals surface area contributed by atoms with Crippen molar-refractivity contribution < 1.29 is 0 Å². The van der Waals surface area contributed by atoms with E-state index in [4.69, 9.17) is 17.0 Å². The topological polar surface area (TPSA) is 70.3 Å². The number of nitrogens with zero attached hydrogens (tertiary/aromatic N) is 3. The first-order valence-corrected chi connectivity index (χ1v) is 7.02. The molecule has 1 aromatic carbocycles. The summed E-state index contributed by atoms with van der Waals surface area (Å²) in [5.41, 5.74) is 2.56. The lowest BCUT2D eigenvalue weighted by molar-refractivity contribution is 0.570. The Morgan fingerprint density at radius 1 is 1.19 bits per heavy atom. The average Bonchev–Trinajstić information content (AvgIpc) is 2.85. The molecule has 0 radical (unpaired) electrons. The molecule has 0 fully saturated rings. The van der Waals surface area contributed by atoms with E-state index in [0.29, 0.717) is 16.2 Å². The van der Waals surface area contributed by atoms with Gasteiger partial charge in [0, 0.05) is 16.1 Å². The van der Waals surface area contributed by atoms with E-state index >= 15 is 0 Å². The van der Waals surface area contributed by atoms with Crippen molar-refractivity contribution in [3.8, 4) is 5.69 Å². The number of hydrogen-bond acceptors (Lipinski definition) is 3. The highest BCUT2D eigenvalue weighted by Crippen LogP contribution is 2.24. The Balaban J connectivity index is 2.29. The summed E-state index contributed by atoms with van der Waals surface area (Å²) in [4.78, 5) is 4.34. The van der Waals surface area contributed by atoms with Crippen LogP contribution in [0, 0.1) is 5.41 Å². The second-order valence-electron chi connectivity index (χ2n) is 5.99. The van der Waals surface area contributed by atoms with Gasteiger partial charge < -0.3 is 0 Å². The van der Waals surface area contributed by atoms with Crippen molar-refractivity contribution in [2.45, 2.75) is 26.2 Å². The van der Waals surface area contributed by atoms with Crippen LogP contribution in [0.3, 0.4) is 0 Å². The maximum absolute atomic E-state index is 8.50. The minimum absolute atomic E-state index is 0.134. The molecule has 3 rings (SSSR count). The summed E-state index contributed by atoms with van der Waals surface area (Å²) < 4.78 is 1.73. The van der Waals surface area contributed by atoms with Gasteiger partial charge in [0.15, 0.2) is 5.65 Å². The minimum atomic E-state index is -0.134. The Labute approximate surface area is 127 Å². The summed E-state index contributed by atoms with van der Waals surface area (Å²) in [6.45, 7) is 6.25. The third kappa shape index (κ3) is 2.34. The van der Waals surface area contributed by atoms with Gasteiger partial charge in [-0.2, -0.15) is 5.10 Å². The molecule has 2 aromatic heterocycles. The zero-order valence-electron chi connectivity index (χ0n) is 12.1. The molecule has 6 heteroatoms. The quantitative estimate of drug-likeness (QED) is 0.724. The molecule has 0 atom stereocenters. The highest BCUT2D eigenvalue weighted by atomic mass is 35.5. The maximum Gasteiger partial charge on any atom is 0.186 e. The molecule has 108 valence electrons. The number of H-pyrrole nitrogens is 1. The number of benzene rings is 1. The number of halogens is 1. The predicted octanol–water partition coefficient (Wildman–Crippen LogP) is 3.18. The number of fused-ring (bicyclic) bond motifs is 1. The first-order valence-electron chi connectivity index (χ1n) is 6.64. The smallest absolute Gasteiger partial charge is 0.186 e. The van der Waals surface area contributed by atoms with Crippen LogP contribution >= 0.6 is 11.6 Å². The lowest BCUT2D eigenvalue weighted by Gasteiger charge is -2.16. The van der Waals surface area contributed by atoms with Crippen LogP contribution in [0.25, 0.3) is 16.7 Å². The van der Waals surface area contributed by atoms with Crippen LogP contribution in [0.5, 0.6) is 0 Å². The summed E-state index contributed by atoms with van der Waals surface area (Å²) in [7, 11) is 0. The number of rotatable bonds is 1. The lowest BCUT2D eigenvalue weighted by atomic mass is 9.90. The molecule has 0 bridgehead atoms. The molecule has 0 amide bonds. The van der Waals surface area contributed by atoms with E-state index in [1.165, 1.54) is 0 Å². The molecule has 2 heterocycles. The summed E-state index contributed by atoms with van der Waals surface area (Å²) in [5.74, 6) is 0. The molecule has 3 aromatic rings. The molecule has 2 N–H and O–H groups in total. The van der Waals surface area contributed by atoms with E-state index < -0.39 is 0 Å². The van der Waals surface area contributed by atoms with Gasteiger partial charge in [-0.1, -0.05) is 32.4 Å². The number of nitrogens with one attached hydrogen (secondary N) is 2. The van der Waals surface area contributed by atoms with Gasteiger partial charge in [0.05, 0.1) is 11.1 Å². The van der Waals surface area contributed by atoms with Gasteiger partial charge >= 0.3 is 0 Å². The van der Waals surface area contributed by atoms with Crippen LogP contribution in [0.4, 0.5) is 0 Å². The van der Waals surface area contributed by atoms with Crippen LogP contribution in [0.15, 0.2) is 30.6 Å². The Kier molecular flexibility index (Phi) is 3.10. The second kappa shape index (κ2) is 4.70. The zero-order valence-corrected chi connectivity index (χ0v) is 12.9. The SMILES string of the molecule is CC(C)(C)c1[nH]nc2ncn(-c3ccc(Cl)cc3)c(=N)c12. The van der Waals surface area contributed by atoms with E-state index in [1.807, 2.05) is 12.1 Å². The van der Waals surface area contributed by atoms with E-state index in [1.54, 1.807) is 23.0 Å². The summed E-state index contributed by atoms with van der Waals surface area (Å²) >= 11 is 5.91. The molecular weight excluding hydrogens is 286 g/mol. The van der Waals surface area contributed by atoms with Crippen molar-refractivity contribution in [3.63, 3.8) is 0 Å². The lowest BCUT2D eigenvalue weighted by Crippen LogP contribution is -2.22. The van der Waals surface area contributed by atoms with Crippen LogP contribution in [-0.2, 0) is 5.41 Å². The molecule has 0 aliphatic rings.